The molecule has 0 aliphatic heterocycles. The highest BCUT2D eigenvalue weighted by Gasteiger charge is 2.12. The van der Waals surface area contributed by atoms with Crippen molar-refractivity contribution in [3.05, 3.63) is 29.7 Å². The highest BCUT2D eigenvalue weighted by Crippen LogP contribution is 2.25. The van der Waals surface area contributed by atoms with Crippen LogP contribution in [0.5, 0.6) is 0 Å². The summed E-state index contributed by atoms with van der Waals surface area (Å²) < 4.78 is 1.53. The number of thiophene rings is 1. The molecule has 0 aliphatic rings. The zero-order valence-electron chi connectivity index (χ0n) is 8.88. The van der Waals surface area contributed by atoms with Crippen LogP contribution in [0.4, 0.5) is 0 Å². The Kier molecular flexibility index (Phi) is 3.31. The van der Waals surface area contributed by atoms with Gasteiger partial charge in [-0.3, -0.25) is 0 Å². The predicted octanol–water partition coefficient (Wildman–Crippen LogP) is 2.39. The van der Waals surface area contributed by atoms with E-state index < -0.39 is 0 Å². The van der Waals surface area contributed by atoms with Gasteiger partial charge in [0.05, 0.1) is 4.88 Å². The quantitative estimate of drug-likeness (QED) is 0.515. The SMILES string of the molecule is C=C(C)CSc1nnc(-c2cccs2)n1N. The standard InChI is InChI=1S/C10H12N4S2/c1-7(2)6-16-10-13-12-9(14(10)11)8-4-3-5-15-8/h3-5H,1,6,11H2,2H3. The molecular weight excluding hydrogens is 240 g/mol. The monoisotopic (exact) mass is 252 g/mol. The molecule has 0 aliphatic carbocycles. The third-order valence-electron chi connectivity index (χ3n) is 1.85. The molecule has 2 aromatic heterocycles. The zero-order chi connectivity index (χ0) is 11.5. The number of nitrogens with zero attached hydrogens (tertiary/aromatic N) is 3. The number of rotatable bonds is 4. The lowest BCUT2D eigenvalue weighted by atomic mass is 10.4. The fourth-order valence-corrected chi connectivity index (χ4v) is 2.54. The zero-order valence-corrected chi connectivity index (χ0v) is 10.5. The molecule has 0 unspecified atom stereocenters. The summed E-state index contributed by atoms with van der Waals surface area (Å²) in [4.78, 5) is 1.03. The minimum Gasteiger partial charge on any atom is -0.335 e. The van der Waals surface area contributed by atoms with Crippen molar-refractivity contribution < 1.29 is 0 Å². The van der Waals surface area contributed by atoms with Gasteiger partial charge in [0.2, 0.25) is 5.16 Å². The second-order valence-corrected chi connectivity index (χ2v) is 5.29. The molecule has 0 saturated heterocycles. The first-order chi connectivity index (χ1) is 7.68. The normalized spacial score (nSPS) is 10.6. The van der Waals surface area contributed by atoms with Crippen LogP contribution in [0.2, 0.25) is 0 Å². The third-order valence-corrected chi connectivity index (χ3v) is 3.89. The first-order valence-corrected chi connectivity index (χ1v) is 6.56. The molecule has 2 aromatic rings. The average molecular weight is 252 g/mol. The number of hydrogen-bond donors (Lipinski definition) is 1. The number of nitrogens with two attached hydrogens (primary N) is 1. The topological polar surface area (TPSA) is 56.7 Å². The highest BCUT2D eigenvalue weighted by atomic mass is 32.2. The molecule has 2 heterocycles. The van der Waals surface area contributed by atoms with Crippen molar-refractivity contribution in [1.82, 2.24) is 14.9 Å². The van der Waals surface area contributed by atoms with E-state index in [-0.39, 0.29) is 0 Å². The van der Waals surface area contributed by atoms with E-state index in [1.165, 1.54) is 4.68 Å². The summed E-state index contributed by atoms with van der Waals surface area (Å²) in [5.74, 6) is 7.44. The first kappa shape index (κ1) is 11.2. The maximum absolute atomic E-state index is 5.93. The Labute approximate surface area is 102 Å². The minimum atomic E-state index is 0.708. The van der Waals surface area contributed by atoms with Crippen molar-refractivity contribution in [2.24, 2.45) is 0 Å². The van der Waals surface area contributed by atoms with Crippen LogP contribution in [-0.4, -0.2) is 20.6 Å². The van der Waals surface area contributed by atoms with E-state index in [9.17, 15) is 0 Å². The molecule has 16 heavy (non-hydrogen) atoms. The Morgan fingerprint density at radius 3 is 3.06 bits per heavy atom. The van der Waals surface area contributed by atoms with Crippen LogP contribution in [0.1, 0.15) is 6.92 Å². The Hall–Kier alpha value is -1.27. The predicted molar refractivity (Wildman–Crippen MR) is 69.0 cm³/mol. The molecule has 0 fully saturated rings. The molecule has 2 N–H and O–H groups in total. The molecule has 2 rings (SSSR count). The van der Waals surface area contributed by atoms with Gasteiger partial charge in [-0.15, -0.1) is 21.5 Å². The lowest BCUT2D eigenvalue weighted by molar-refractivity contribution is 0.851. The smallest absolute Gasteiger partial charge is 0.210 e. The van der Waals surface area contributed by atoms with E-state index in [1.807, 2.05) is 24.4 Å². The summed E-state index contributed by atoms with van der Waals surface area (Å²) in [6.45, 7) is 5.82. The summed E-state index contributed by atoms with van der Waals surface area (Å²) in [5.41, 5.74) is 1.09. The van der Waals surface area contributed by atoms with Crippen LogP contribution in [0.25, 0.3) is 10.7 Å². The van der Waals surface area contributed by atoms with Gasteiger partial charge in [0.1, 0.15) is 0 Å². The van der Waals surface area contributed by atoms with Gasteiger partial charge in [0, 0.05) is 5.75 Å². The van der Waals surface area contributed by atoms with Gasteiger partial charge < -0.3 is 5.84 Å². The molecule has 0 spiro atoms. The van der Waals surface area contributed by atoms with Crippen LogP contribution in [0.15, 0.2) is 34.8 Å². The maximum atomic E-state index is 5.93. The Balaban J connectivity index is 2.21. The Morgan fingerprint density at radius 1 is 1.62 bits per heavy atom. The molecule has 6 heteroatoms. The minimum absolute atomic E-state index is 0.708. The molecule has 0 aromatic carbocycles. The summed E-state index contributed by atoms with van der Waals surface area (Å²) >= 11 is 3.14. The molecule has 0 saturated carbocycles. The van der Waals surface area contributed by atoms with Crippen LogP contribution >= 0.6 is 23.1 Å². The van der Waals surface area contributed by atoms with E-state index in [0.29, 0.717) is 11.0 Å². The average Bonchev–Trinajstić information content (AvgIpc) is 2.84. The van der Waals surface area contributed by atoms with Crippen molar-refractivity contribution in [1.29, 1.82) is 0 Å². The molecule has 0 radical (unpaired) electrons. The highest BCUT2D eigenvalue weighted by molar-refractivity contribution is 7.99. The van der Waals surface area contributed by atoms with E-state index in [2.05, 4.69) is 16.8 Å². The van der Waals surface area contributed by atoms with Crippen molar-refractivity contribution in [2.45, 2.75) is 12.1 Å². The van der Waals surface area contributed by atoms with Gasteiger partial charge in [0.15, 0.2) is 5.82 Å². The fraction of sp³-hybridized carbons (Fsp3) is 0.200. The van der Waals surface area contributed by atoms with E-state index in [4.69, 9.17) is 5.84 Å². The summed E-state index contributed by atoms with van der Waals surface area (Å²) in [6.07, 6.45) is 0. The van der Waals surface area contributed by atoms with Crippen molar-refractivity contribution >= 4 is 23.1 Å². The van der Waals surface area contributed by atoms with Crippen LogP contribution in [-0.2, 0) is 0 Å². The largest absolute Gasteiger partial charge is 0.335 e. The second-order valence-electron chi connectivity index (χ2n) is 3.40. The molecule has 0 amide bonds. The van der Waals surface area contributed by atoms with Gasteiger partial charge in [-0.1, -0.05) is 30.0 Å². The molecule has 0 atom stereocenters. The van der Waals surface area contributed by atoms with Gasteiger partial charge in [-0.05, 0) is 18.4 Å². The third kappa shape index (κ3) is 2.28. The lowest BCUT2D eigenvalue weighted by Gasteiger charge is -2.01. The van der Waals surface area contributed by atoms with Crippen molar-refractivity contribution in [2.75, 3.05) is 11.6 Å². The van der Waals surface area contributed by atoms with Crippen LogP contribution in [0, 0.1) is 0 Å². The van der Waals surface area contributed by atoms with Crippen LogP contribution < -0.4 is 5.84 Å². The maximum Gasteiger partial charge on any atom is 0.210 e. The summed E-state index contributed by atoms with van der Waals surface area (Å²) in [5, 5.41) is 10.8. The van der Waals surface area contributed by atoms with Crippen molar-refractivity contribution in [3.63, 3.8) is 0 Å². The first-order valence-electron chi connectivity index (χ1n) is 4.70. The number of nitrogen functional groups attached to an aromatic ring is 1. The molecule has 0 bridgehead atoms. The second kappa shape index (κ2) is 4.71. The Bertz CT molecular complexity index is 487. The molecule has 4 nitrogen and oxygen atoms in total. The van der Waals surface area contributed by atoms with E-state index in [1.54, 1.807) is 23.1 Å². The van der Waals surface area contributed by atoms with Gasteiger partial charge in [-0.2, -0.15) is 0 Å². The molecular formula is C10H12N4S2. The van der Waals surface area contributed by atoms with Crippen molar-refractivity contribution in [3.8, 4) is 10.7 Å². The van der Waals surface area contributed by atoms with Gasteiger partial charge in [-0.25, -0.2) is 4.68 Å². The van der Waals surface area contributed by atoms with E-state index >= 15 is 0 Å². The fourth-order valence-electron chi connectivity index (χ4n) is 1.14. The van der Waals surface area contributed by atoms with Gasteiger partial charge >= 0.3 is 0 Å². The summed E-state index contributed by atoms with van der Waals surface area (Å²) in [7, 11) is 0. The van der Waals surface area contributed by atoms with Gasteiger partial charge in [0.25, 0.3) is 0 Å². The Morgan fingerprint density at radius 2 is 2.44 bits per heavy atom. The number of thioether (sulfide) groups is 1. The van der Waals surface area contributed by atoms with Crippen LogP contribution in [0.3, 0.4) is 0 Å². The number of aromatic nitrogens is 3. The molecule has 84 valence electrons. The number of hydrogen-bond acceptors (Lipinski definition) is 5. The lowest BCUT2D eigenvalue weighted by Crippen LogP contribution is -2.11. The summed E-state index contributed by atoms with van der Waals surface area (Å²) in [6, 6.07) is 3.95. The van der Waals surface area contributed by atoms with E-state index in [0.717, 1.165) is 16.2 Å².